The molecule has 0 radical (unpaired) electrons. The smallest absolute Gasteiger partial charge is 0.279 e. The largest absolute Gasteiger partial charge is 0.481 e. The molecule has 0 spiro atoms. The number of nitrogens with one attached hydrogen (secondary N) is 2. The van der Waals surface area contributed by atoms with Crippen molar-refractivity contribution in [3.63, 3.8) is 0 Å². The van der Waals surface area contributed by atoms with Gasteiger partial charge in [-0.2, -0.15) is 0 Å². The van der Waals surface area contributed by atoms with Gasteiger partial charge in [0.15, 0.2) is 12.6 Å². The Morgan fingerprint density at radius 1 is 1.21 bits per heavy atom. The van der Waals surface area contributed by atoms with Crippen LogP contribution in [0, 0.1) is 5.82 Å². The summed E-state index contributed by atoms with van der Waals surface area (Å²) in [6.45, 7) is 4.43. The van der Waals surface area contributed by atoms with Gasteiger partial charge in [0, 0.05) is 10.7 Å². The van der Waals surface area contributed by atoms with Crippen molar-refractivity contribution in [1.82, 2.24) is 4.90 Å². The molecule has 0 aromatic heterocycles. The van der Waals surface area contributed by atoms with Gasteiger partial charge in [-0.3, -0.25) is 9.59 Å². The molecule has 0 unspecified atom stereocenters. The molecule has 2 amide bonds. The van der Waals surface area contributed by atoms with Gasteiger partial charge in [-0.25, -0.2) is 4.39 Å². The van der Waals surface area contributed by atoms with E-state index in [9.17, 15) is 14.0 Å². The number of quaternary nitrogens is 1. The SMILES string of the molecule is C[C@@H](Oc1ccc(Cl)cc1)C(=O)N1CC[NH+](CC(=O)Nc2cccc(F)c2)CC1. The fraction of sp³-hybridized carbons (Fsp3) is 0.333. The lowest BCUT2D eigenvalue weighted by molar-refractivity contribution is -0.895. The van der Waals surface area contributed by atoms with Crippen LogP contribution in [0.5, 0.6) is 5.75 Å². The number of carbonyl (C=O) groups excluding carboxylic acids is 2. The highest BCUT2D eigenvalue weighted by Crippen LogP contribution is 2.17. The maximum Gasteiger partial charge on any atom is 0.279 e. The minimum absolute atomic E-state index is 0.0804. The molecule has 2 N–H and O–H groups in total. The fourth-order valence-corrected chi connectivity index (χ4v) is 3.37. The van der Waals surface area contributed by atoms with Crippen LogP contribution in [0.15, 0.2) is 48.5 Å². The number of ether oxygens (including phenoxy) is 1. The molecular weight excluding hydrogens is 397 g/mol. The van der Waals surface area contributed by atoms with E-state index in [1.54, 1.807) is 48.2 Å². The van der Waals surface area contributed by atoms with Gasteiger partial charge in [0.2, 0.25) is 0 Å². The lowest BCUT2D eigenvalue weighted by Crippen LogP contribution is -3.15. The molecule has 8 heteroatoms. The second-order valence-electron chi connectivity index (χ2n) is 7.02. The van der Waals surface area contributed by atoms with Crippen LogP contribution in [0.4, 0.5) is 10.1 Å². The zero-order chi connectivity index (χ0) is 20.8. The number of nitrogens with zero attached hydrogens (tertiary/aromatic N) is 1. The number of rotatable bonds is 6. The van der Waals surface area contributed by atoms with Crippen molar-refractivity contribution in [2.24, 2.45) is 0 Å². The third-order valence-electron chi connectivity index (χ3n) is 4.78. The summed E-state index contributed by atoms with van der Waals surface area (Å²) in [5, 5.41) is 3.31. The third kappa shape index (κ3) is 6.17. The number of halogens is 2. The van der Waals surface area contributed by atoms with Crippen LogP contribution in [0.1, 0.15) is 6.92 Å². The first-order valence-electron chi connectivity index (χ1n) is 9.51. The van der Waals surface area contributed by atoms with Gasteiger partial charge in [0.25, 0.3) is 11.8 Å². The molecule has 1 aliphatic heterocycles. The Morgan fingerprint density at radius 2 is 1.90 bits per heavy atom. The first-order valence-corrected chi connectivity index (χ1v) is 9.88. The Kier molecular flexibility index (Phi) is 7.06. The highest BCUT2D eigenvalue weighted by atomic mass is 35.5. The fourth-order valence-electron chi connectivity index (χ4n) is 3.24. The Labute approximate surface area is 174 Å². The van der Waals surface area contributed by atoms with Crippen molar-refractivity contribution in [2.45, 2.75) is 13.0 Å². The molecule has 2 aromatic rings. The standard InChI is InChI=1S/C21H23ClFN3O3/c1-15(29-19-7-5-16(22)6-8-19)21(28)26-11-9-25(10-12-26)14-20(27)24-18-4-2-3-17(23)13-18/h2-8,13,15H,9-12,14H2,1H3,(H,24,27)/p+1/t15-/m1/s1. The second-order valence-corrected chi connectivity index (χ2v) is 7.46. The Bertz CT molecular complexity index is 855. The summed E-state index contributed by atoms with van der Waals surface area (Å²) in [5.74, 6) is -0.0567. The van der Waals surface area contributed by atoms with E-state index in [2.05, 4.69) is 5.32 Å². The quantitative estimate of drug-likeness (QED) is 0.746. The molecule has 3 rings (SSSR count). The number of anilines is 1. The molecular formula is C21H24ClFN3O3+. The van der Waals surface area contributed by atoms with Crippen molar-refractivity contribution in [2.75, 3.05) is 38.0 Å². The number of amides is 2. The normalized spacial score (nSPS) is 15.6. The van der Waals surface area contributed by atoms with Crippen molar-refractivity contribution in [3.8, 4) is 5.75 Å². The maximum absolute atomic E-state index is 13.2. The Hall–Kier alpha value is -2.64. The summed E-state index contributed by atoms with van der Waals surface area (Å²) < 4.78 is 18.9. The highest BCUT2D eigenvalue weighted by Gasteiger charge is 2.28. The van der Waals surface area contributed by atoms with Crippen LogP contribution in [0.3, 0.4) is 0 Å². The van der Waals surface area contributed by atoms with Gasteiger partial charge in [-0.15, -0.1) is 0 Å². The van der Waals surface area contributed by atoms with E-state index in [1.165, 1.54) is 12.1 Å². The van der Waals surface area contributed by atoms with Gasteiger partial charge < -0.3 is 19.9 Å². The minimum Gasteiger partial charge on any atom is -0.481 e. The predicted molar refractivity (Wildman–Crippen MR) is 109 cm³/mol. The monoisotopic (exact) mass is 420 g/mol. The van der Waals surface area contributed by atoms with Crippen molar-refractivity contribution >= 4 is 29.1 Å². The molecule has 1 heterocycles. The average Bonchev–Trinajstić information content (AvgIpc) is 2.69. The lowest BCUT2D eigenvalue weighted by Gasteiger charge is -2.33. The molecule has 6 nitrogen and oxygen atoms in total. The molecule has 2 aromatic carbocycles. The van der Waals surface area contributed by atoms with Crippen LogP contribution in [-0.4, -0.2) is 55.5 Å². The van der Waals surface area contributed by atoms with Gasteiger partial charge in [0.1, 0.15) is 11.6 Å². The van der Waals surface area contributed by atoms with Crippen molar-refractivity contribution in [3.05, 3.63) is 59.4 Å². The first-order chi connectivity index (χ1) is 13.9. The second kappa shape index (κ2) is 9.71. The summed E-state index contributed by atoms with van der Waals surface area (Å²) >= 11 is 5.86. The van der Waals surface area contributed by atoms with Gasteiger partial charge in [0.05, 0.1) is 26.2 Å². The highest BCUT2D eigenvalue weighted by molar-refractivity contribution is 6.30. The molecule has 1 fully saturated rings. The molecule has 154 valence electrons. The van der Waals surface area contributed by atoms with Crippen molar-refractivity contribution in [1.29, 1.82) is 0 Å². The zero-order valence-electron chi connectivity index (χ0n) is 16.2. The zero-order valence-corrected chi connectivity index (χ0v) is 16.9. The molecule has 0 aliphatic carbocycles. The average molecular weight is 421 g/mol. The molecule has 0 saturated carbocycles. The number of hydrogen-bond donors (Lipinski definition) is 2. The predicted octanol–water partition coefficient (Wildman–Crippen LogP) is 1.61. The summed E-state index contributed by atoms with van der Waals surface area (Å²) in [6.07, 6.45) is -0.603. The summed E-state index contributed by atoms with van der Waals surface area (Å²) in [4.78, 5) is 27.6. The number of benzene rings is 2. The van der Waals surface area contributed by atoms with Gasteiger partial charge in [-0.05, 0) is 49.4 Å². The van der Waals surface area contributed by atoms with Gasteiger partial charge >= 0.3 is 0 Å². The molecule has 1 atom stereocenters. The maximum atomic E-state index is 13.2. The first kappa shape index (κ1) is 21.1. The van der Waals surface area contributed by atoms with E-state index in [4.69, 9.17) is 16.3 Å². The lowest BCUT2D eigenvalue weighted by atomic mass is 10.2. The number of piperazine rings is 1. The van der Waals surface area contributed by atoms with Crippen LogP contribution >= 0.6 is 11.6 Å². The number of carbonyl (C=O) groups is 2. The Morgan fingerprint density at radius 3 is 2.55 bits per heavy atom. The third-order valence-corrected chi connectivity index (χ3v) is 5.03. The molecule has 0 bridgehead atoms. The van der Waals surface area contributed by atoms with Gasteiger partial charge in [-0.1, -0.05) is 17.7 Å². The summed E-state index contributed by atoms with van der Waals surface area (Å²) in [6, 6.07) is 12.7. The van der Waals surface area contributed by atoms with E-state index in [0.29, 0.717) is 42.6 Å². The van der Waals surface area contributed by atoms with E-state index < -0.39 is 11.9 Å². The summed E-state index contributed by atoms with van der Waals surface area (Å²) in [7, 11) is 0. The minimum atomic E-state index is -0.603. The molecule has 1 aliphatic rings. The summed E-state index contributed by atoms with van der Waals surface area (Å²) in [5.41, 5.74) is 0.441. The van der Waals surface area contributed by atoms with Crippen LogP contribution in [0.2, 0.25) is 5.02 Å². The van der Waals surface area contributed by atoms with Crippen LogP contribution < -0.4 is 15.0 Å². The molecule has 1 saturated heterocycles. The molecule has 29 heavy (non-hydrogen) atoms. The van der Waals surface area contributed by atoms with E-state index in [0.717, 1.165) is 4.90 Å². The van der Waals surface area contributed by atoms with E-state index >= 15 is 0 Å². The van der Waals surface area contributed by atoms with E-state index in [-0.39, 0.29) is 18.4 Å². The Balaban J connectivity index is 1.43. The van der Waals surface area contributed by atoms with Crippen molar-refractivity contribution < 1.29 is 23.6 Å². The topological polar surface area (TPSA) is 63.1 Å². The number of hydrogen-bond acceptors (Lipinski definition) is 3. The van der Waals surface area contributed by atoms with Crippen LogP contribution in [0.25, 0.3) is 0 Å². The van der Waals surface area contributed by atoms with E-state index in [1.807, 2.05) is 0 Å². The van der Waals surface area contributed by atoms with Crippen LogP contribution in [-0.2, 0) is 9.59 Å².